The maximum Gasteiger partial charge on any atom is 0.264 e. The zero-order valence-corrected chi connectivity index (χ0v) is 17.9. The molecule has 3 heterocycles. The highest BCUT2D eigenvalue weighted by Gasteiger charge is 2.24. The predicted molar refractivity (Wildman–Crippen MR) is 126 cm³/mol. The second-order valence-electron chi connectivity index (χ2n) is 7.74. The van der Waals surface area contributed by atoms with Crippen molar-refractivity contribution in [3.63, 3.8) is 0 Å². The highest BCUT2D eigenvalue weighted by molar-refractivity contribution is 7.20. The summed E-state index contributed by atoms with van der Waals surface area (Å²) in [6.07, 6.45) is 1.82. The summed E-state index contributed by atoms with van der Waals surface area (Å²) >= 11 is 1.41. The highest BCUT2D eigenvalue weighted by Crippen LogP contribution is 2.25. The molecule has 2 aromatic carbocycles. The topological polar surface area (TPSA) is 45.6 Å². The number of anilines is 1. The van der Waals surface area contributed by atoms with Crippen LogP contribution in [0.2, 0.25) is 0 Å². The van der Waals surface area contributed by atoms with Crippen LogP contribution in [0.3, 0.4) is 0 Å². The minimum absolute atomic E-state index is 0.0166. The van der Waals surface area contributed by atoms with Gasteiger partial charge in [0.15, 0.2) is 0 Å². The molecule has 1 saturated heterocycles. The van der Waals surface area contributed by atoms with E-state index < -0.39 is 0 Å². The fourth-order valence-corrected chi connectivity index (χ4v) is 5.06. The van der Waals surface area contributed by atoms with E-state index in [-0.39, 0.29) is 11.5 Å². The Kier molecular flexibility index (Phi) is 5.30. The minimum atomic E-state index is -0.0504. The Morgan fingerprint density at radius 1 is 0.871 bits per heavy atom. The largest absolute Gasteiger partial charge is 0.368 e. The molecule has 5 rings (SSSR count). The summed E-state index contributed by atoms with van der Waals surface area (Å²) in [5.41, 5.74) is 2.22. The fourth-order valence-electron chi connectivity index (χ4n) is 4.05. The van der Waals surface area contributed by atoms with E-state index >= 15 is 0 Å². The average molecular weight is 430 g/mol. The molecule has 1 aliphatic rings. The Labute approximate surface area is 184 Å². The Morgan fingerprint density at radius 3 is 2.26 bits per heavy atom. The molecule has 0 spiro atoms. The van der Waals surface area contributed by atoms with E-state index in [0.717, 1.165) is 23.4 Å². The molecule has 6 heteroatoms. The van der Waals surface area contributed by atoms with Gasteiger partial charge in [0, 0.05) is 42.8 Å². The number of carbonyl (C=O) groups excluding carboxylic acids is 1. The van der Waals surface area contributed by atoms with E-state index in [1.807, 2.05) is 65.7 Å². The van der Waals surface area contributed by atoms with Gasteiger partial charge in [-0.3, -0.25) is 9.59 Å². The molecule has 5 nitrogen and oxygen atoms in total. The molecule has 0 N–H and O–H groups in total. The molecule has 1 amide bonds. The molecule has 31 heavy (non-hydrogen) atoms. The number of nitrogens with zero attached hydrogens (tertiary/aromatic N) is 3. The van der Waals surface area contributed by atoms with E-state index in [2.05, 4.69) is 17.0 Å². The third-order valence-corrected chi connectivity index (χ3v) is 6.84. The number of hydrogen-bond acceptors (Lipinski definition) is 4. The number of carbonyl (C=O) groups is 1. The quantitative estimate of drug-likeness (QED) is 0.491. The van der Waals surface area contributed by atoms with Gasteiger partial charge in [-0.05, 0) is 29.8 Å². The molecule has 0 radical (unpaired) electrons. The number of thiophene rings is 1. The first kappa shape index (κ1) is 19.6. The second-order valence-corrected chi connectivity index (χ2v) is 8.82. The van der Waals surface area contributed by atoms with Crippen LogP contribution in [0.4, 0.5) is 5.69 Å². The van der Waals surface area contributed by atoms with Gasteiger partial charge in [0.25, 0.3) is 11.5 Å². The number of piperazine rings is 1. The van der Waals surface area contributed by atoms with Gasteiger partial charge in [-0.25, -0.2) is 0 Å². The van der Waals surface area contributed by atoms with Crippen LogP contribution in [0.15, 0.2) is 83.8 Å². The number of hydrogen-bond donors (Lipinski definition) is 0. The van der Waals surface area contributed by atoms with E-state index in [1.165, 1.54) is 17.0 Å². The van der Waals surface area contributed by atoms with Crippen molar-refractivity contribution in [2.24, 2.45) is 0 Å². The lowest BCUT2D eigenvalue weighted by molar-refractivity contribution is 0.0751. The van der Waals surface area contributed by atoms with Crippen LogP contribution >= 0.6 is 11.3 Å². The third kappa shape index (κ3) is 3.99. The van der Waals surface area contributed by atoms with Gasteiger partial charge in [0.05, 0.1) is 16.8 Å². The summed E-state index contributed by atoms with van der Waals surface area (Å²) in [5.74, 6) is 0.0166. The molecule has 1 aliphatic heterocycles. The maximum absolute atomic E-state index is 13.1. The van der Waals surface area contributed by atoms with Gasteiger partial charge in [0.1, 0.15) is 0 Å². The SMILES string of the molecule is O=C(c1cc2c(=O)n(Cc3ccccc3)ccc2s1)N1CCN(c2ccccc2)CC1. The summed E-state index contributed by atoms with van der Waals surface area (Å²) < 4.78 is 2.57. The first-order chi connectivity index (χ1) is 15.2. The first-order valence-corrected chi connectivity index (χ1v) is 11.3. The van der Waals surface area contributed by atoms with Gasteiger partial charge < -0.3 is 14.4 Å². The van der Waals surface area contributed by atoms with Crippen molar-refractivity contribution in [2.75, 3.05) is 31.1 Å². The number of fused-ring (bicyclic) bond motifs is 1. The van der Waals surface area contributed by atoms with Crippen molar-refractivity contribution in [1.29, 1.82) is 0 Å². The zero-order chi connectivity index (χ0) is 21.2. The minimum Gasteiger partial charge on any atom is -0.368 e. The van der Waals surface area contributed by atoms with Crippen molar-refractivity contribution in [3.05, 3.63) is 99.8 Å². The van der Waals surface area contributed by atoms with Gasteiger partial charge in [-0.2, -0.15) is 0 Å². The normalized spacial score (nSPS) is 14.2. The van der Waals surface area contributed by atoms with Crippen LogP contribution in [0.1, 0.15) is 15.2 Å². The van der Waals surface area contributed by atoms with Crippen LogP contribution in [-0.2, 0) is 6.54 Å². The molecule has 1 fully saturated rings. The molecule has 0 unspecified atom stereocenters. The number of rotatable bonds is 4. The lowest BCUT2D eigenvalue weighted by Gasteiger charge is -2.35. The molecule has 0 atom stereocenters. The number of benzene rings is 2. The number of aromatic nitrogens is 1. The maximum atomic E-state index is 13.1. The Bertz CT molecular complexity index is 1260. The van der Waals surface area contributed by atoms with Gasteiger partial charge in [0.2, 0.25) is 0 Å². The van der Waals surface area contributed by atoms with E-state index in [1.54, 1.807) is 10.6 Å². The van der Waals surface area contributed by atoms with E-state index in [9.17, 15) is 9.59 Å². The Morgan fingerprint density at radius 2 is 1.55 bits per heavy atom. The van der Waals surface area contributed by atoms with Crippen LogP contribution in [0.25, 0.3) is 10.1 Å². The summed E-state index contributed by atoms with van der Waals surface area (Å²) in [5, 5.41) is 0.620. The zero-order valence-electron chi connectivity index (χ0n) is 17.1. The van der Waals surface area contributed by atoms with Gasteiger partial charge in [-0.15, -0.1) is 11.3 Å². The standard InChI is InChI=1S/C25H23N3O2S/c29-24-21-17-23(31-22(21)11-12-28(24)18-19-7-3-1-4-8-19)25(30)27-15-13-26(14-16-27)20-9-5-2-6-10-20/h1-12,17H,13-16,18H2. The van der Waals surface area contributed by atoms with Gasteiger partial charge >= 0.3 is 0 Å². The Hall–Kier alpha value is -3.38. The Balaban J connectivity index is 1.33. The van der Waals surface area contributed by atoms with Crippen LogP contribution in [-0.4, -0.2) is 41.6 Å². The number of para-hydroxylation sites is 1. The monoisotopic (exact) mass is 429 g/mol. The van der Waals surface area contributed by atoms with Crippen molar-refractivity contribution < 1.29 is 4.79 Å². The van der Waals surface area contributed by atoms with E-state index in [0.29, 0.717) is 29.9 Å². The predicted octanol–water partition coefficient (Wildman–Crippen LogP) is 4.07. The first-order valence-electron chi connectivity index (χ1n) is 10.5. The molecule has 156 valence electrons. The average Bonchev–Trinajstić information content (AvgIpc) is 3.27. The molecule has 0 aliphatic carbocycles. The molecular weight excluding hydrogens is 406 g/mol. The second kappa shape index (κ2) is 8.40. The van der Waals surface area contributed by atoms with Crippen LogP contribution < -0.4 is 10.5 Å². The third-order valence-electron chi connectivity index (χ3n) is 5.75. The van der Waals surface area contributed by atoms with E-state index in [4.69, 9.17) is 0 Å². The van der Waals surface area contributed by atoms with Crippen LogP contribution in [0, 0.1) is 0 Å². The summed E-state index contributed by atoms with van der Waals surface area (Å²) in [7, 11) is 0. The van der Waals surface area contributed by atoms with Crippen molar-refractivity contribution in [3.8, 4) is 0 Å². The molecule has 0 saturated carbocycles. The highest BCUT2D eigenvalue weighted by atomic mass is 32.1. The van der Waals surface area contributed by atoms with Crippen molar-refractivity contribution in [2.45, 2.75) is 6.54 Å². The number of pyridine rings is 1. The summed E-state index contributed by atoms with van der Waals surface area (Å²) in [4.78, 5) is 30.9. The lowest BCUT2D eigenvalue weighted by atomic mass is 10.2. The molecular formula is C25H23N3O2S. The smallest absolute Gasteiger partial charge is 0.264 e. The van der Waals surface area contributed by atoms with Crippen molar-refractivity contribution >= 4 is 33.0 Å². The molecule has 0 bridgehead atoms. The fraction of sp³-hybridized carbons (Fsp3) is 0.200. The van der Waals surface area contributed by atoms with Gasteiger partial charge in [-0.1, -0.05) is 48.5 Å². The summed E-state index contributed by atoms with van der Waals surface area (Å²) in [6, 6.07) is 23.9. The molecule has 4 aromatic rings. The number of amides is 1. The summed E-state index contributed by atoms with van der Waals surface area (Å²) in [6.45, 7) is 3.51. The van der Waals surface area contributed by atoms with Crippen LogP contribution in [0.5, 0.6) is 0 Å². The lowest BCUT2D eigenvalue weighted by Crippen LogP contribution is -2.48. The van der Waals surface area contributed by atoms with Crippen molar-refractivity contribution in [1.82, 2.24) is 9.47 Å². The molecule has 2 aromatic heterocycles.